The molecule has 1 N–H and O–H groups in total. The van der Waals surface area contributed by atoms with Gasteiger partial charge in [-0.25, -0.2) is 23.4 Å². The molecule has 27 heavy (non-hydrogen) atoms. The number of amides is 1. The minimum Gasteiger partial charge on any atom is -0.491 e. The van der Waals surface area contributed by atoms with Crippen molar-refractivity contribution in [1.82, 2.24) is 19.7 Å². The number of carbonyl (C=O) groups excluding carboxylic acids is 1. The summed E-state index contributed by atoms with van der Waals surface area (Å²) in [5, 5.41) is 6.55. The summed E-state index contributed by atoms with van der Waals surface area (Å²) in [6, 6.07) is 2.30. The Morgan fingerprint density at radius 3 is 2.33 bits per heavy atom. The van der Waals surface area contributed by atoms with E-state index in [4.69, 9.17) is 0 Å². The van der Waals surface area contributed by atoms with Crippen molar-refractivity contribution < 1.29 is 22.7 Å². The number of carbonyl (C=O) groups is 1. The normalized spacial score (nSPS) is 10.7. The standard InChI is InChI=1S/C17H14F3N5O2/c1-8-4-9(2)25(24-8)17-21-6-10(7-22-17)23-16(26)11-5-12(18)14(20)15(27-3)13(11)19/h4-7H,1-3H3,(H,23,26). The number of nitrogens with zero attached hydrogens (tertiary/aromatic N) is 4. The highest BCUT2D eigenvalue weighted by atomic mass is 19.2. The van der Waals surface area contributed by atoms with E-state index in [1.54, 1.807) is 0 Å². The first-order valence-electron chi connectivity index (χ1n) is 7.70. The van der Waals surface area contributed by atoms with Crippen LogP contribution in [-0.4, -0.2) is 32.8 Å². The van der Waals surface area contributed by atoms with E-state index in [-0.39, 0.29) is 11.6 Å². The number of hydrogen-bond acceptors (Lipinski definition) is 5. The Bertz CT molecular complexity index is 1020. The lowest BCUT2D eigenvalue weighted by molar-refractivity contribution is 0.102. The molecule has 10 heteroatoms. The van der Waals surface area contributed by atoms with Gasteiger partial charge in [0.05, 0.1) is 36.4 Å². The third-order valence-corrected chi connectivity index (χ3v) is 3.66. The van der Waals surface area contributed by atoms with Crippen molar-refractivity contribution in [2.75, 3.05) is 12.4 Å². The molecule has 140 valence electrons. The van der Waals surface area contributed by atoms with E-state index in [1.165, 1.54) is 17.1 Å². The van der Waals surface area contributed by atoms with Gasteiger partial charge in [0.15, 0.2) is 17.4 Å². The van der Waals surface area contributed by atoms with Gasteiger partial charge in [0.1, 0.15) is 0 Å². The number of anilines is 1. The van der Waals surface area contributed by atoms with E-state index in [9.17, 15) is 18.0 Å². The Labute approximate surface area is 151 Å². The molecule has 0 saturated heterocycles. The number of ether oxygens (including phenoxy) is 1. The van der Waals surface area contributed by atoms with Crippen molar-refractivity contribution in [2.45, 2.75) is 13.8 Å². The van der Waals surface area contributed by atoms with E-state index < -0.39 is 34.7 Å². The zero-order valence-electron chi connectivity index (χ0n) is 14.5. The molecule has 7 nitrogen and oxygen atoms in total. The van der Waals surface area contributed by atoms with Crippen LogP contribution in [0.3, 0.4) is 0 Å². The van der Waals surface area contributed by atoms with Crippen molar-refractivity contribution in [1.29, 1.82) is 0 Å². The van der Waals surface area contributed by atoms with Crippen LogP contribution in [0.2, 0.25) is 0 Å². The topological polar surface area (TPSA) is 81.9 Å². The fourth-order valence-corrected chi connectivity index (χ4v) is 2.45. The average molecular weight is 377 g/mol. The van der Waals surface area contributed by atoms with Crippen LogP contribution in [0.15, 0.2) is 24.5 Å². The van der Waals surface area contributed by atoms with Gasteiger partial charge in [-0.1, -0.05) is 0 Å². The maximum Gasteiger partial charge on any atom is 0.258 e. The van der Waals surface area contributed by atoms with Crippen LogP contribution in [-0.2, 0) is 0 Å². The lowest BCUT2D eigenvalue weighted by atomic mass is 10.1. The van der Waals surface area contributed by atoms with Crippen LogP contribution < -0.4 is 10.1 Å². The molecule has 3 aromatic rings. The lowest BCUT2D eigenvalue weighted by Crippen LogP contribution is -2.16. The first-order valence-corrected chi connectivity index (χ1v) is 7.70. The summed E-state index contributed by atoms with van der Waals surface area (Å²) in [6.07, 6.45) is 2.57. The predicted octanol–water partition coefficient (Wildman–Crippen LogP) is 2.96. The molecule has 2 aromatic heterocycles. The molecule has 0 unspecified atom stereocenters. The number of benzene rings is 1. The summed E-state index contributed by atoms with van der Waals surface area (Å²) in [6.45, 7) is 3.65. The molecule has 0 saturated carbocycles. The number of aryl methyl sites for hydroxylation is 2. The summed E-state index contributed by atoms with van der Waals surface area (Å²) in [4.78, 5) is 20.4. The highest BCUT2D eigenvalue weighted by Gasteiger charge is 2.23. The zero-order valence-corrected chi connectivity index (χ0v) is 14.5. The second-order valence-electron chi connectivity index (χ2n) is 5.63. The summed E-state index contributed by atoms with van der Waals surface area (Å²) < 4.78 is 47.2. The molecule has 0 fully saturated rings. The Morgan fingerprint density at radius 2 is 1.78 bits per heavy atom. The average Bonchev–Trinajstić information content (AvgIpc) is 2.97. The van der Waals surface area contributed by atoms with E-state index in [1.807, 2.05) is 19.9 Å². The molecule has 0 spiro atoms. The second kappa shape index (κ2) is 7.06. The minimum absolute atomic E-state index is 0.133. The summed E-state index contributed by atoms with van der Waals surface area (Å²) in [5.74, 6) is -5.93. The smallest absolute Gasteiger partial charge is 0.258 e. The highest BCUT2D eigenvalue weighted by Crippen LogP contribution is 2.27. The number of rotatable bonds is 4. The second-order valence-corrected chi connectivity index (χ2v) is 5.63. The van der Waals surface area contributed by atoms with Crippen LogP contribution >= 0.6 is 0 Å². The number of methoxy groups -OCH3 is 1. The van der Waals surface area contributed by atoms with Crippen LogP contribution in [0.1, 0.15) is 21.7 Å². The maximum absolute atomic E-state index is 14.2. The largest absolute Gasteiger partial charge is 0.491 e. The third-order valence-electron chi connectivity index (χ3n) is 3.66. The molecular weight excluding hydrogens is 363 g/mol. The molecule has 0 bridgehead atoms. The van der Waals surface area contributed by atoms with Gasteiger partial charge in [-0.2, -0.15) is 9.49 Å². The Balaban J connectivity index is 1.85. The lowest BCUT2D eigenvalue weighted by Gasteiger charge is -2.10. The highest BCUT2D eigenvalue weighted by molar-refractivity contribution is 6.04. The van der Waals surface area contributed by atoms with Gasteiger partial charge in [-0.3, -0.25) is 4.79 Å². The molecule has 0 radical (unpaired) electrons. The van der Waals surface area contributed by atoms with Gasteiger partial charge in [0.2, 0.25) is 5.82 Å². The predicted molar refractivity (Wildman–Crippen MR) is 89.4 cm³/mol. The number of halogens is 3. The first-order chi connectivity index (χ1) is 12.8. The molecular formula is C17H14F3N5O2. The fourth-order valence-electron chi connectivity index (χ4n) is 2.45. The fraction of sp³-hybridized carbons (Fsp3) is 0.176. The maximum atomic E-state index is 14.2. The van der Waals surface area contributed by atoms with Crippen molar-refractivity contribution in [3.8, 4) is 11.7 Å². The van der Waals surface area contributed by atoms with Gasteiger partial charge in [0, 0.05) is 5.69 Å². The summed E-state index contributed by atoms with van der Waals surface area (Å²) in [7, 11) is 0.966. The van der Waals surface area contributed by atoms with E-state index in [0.717, 1.165) is 18.5 Å². The Morgan fingerprint density at radius 1 is 1.11 bits per heavy atom. The monoisotopic (exact) mass is 377 g/mol. The zero-order chi connectivity index (χ0) is 19.7. The van der Waals surface area contributed by atoms with Crippen molar-refractivity contribution in [3.05, 3.63) is 58.9 Å². The molecule has 0 aliphatic heterocycles. The van der Waals surface area contributed by atoms with Gasteiger partial charge in [-0.05, 0) is 26.0 Å². The van der Waals surface area contributed by atoms with Gasteiger partial charge in [-0.15, -0.1) is 0 Å². The Hall–Kier alpha value is -3.43. The van der Waals surface area contributed by atoms with Gasteiger partial charge < -0.3 is 10.1 Å². The Kier molecular flexibility index (Phi) is 4.80. The van der Waals surface area contributed by atoms with Crippen LogP contribution in [0.25, 0.3) is 5.95 Å². The van der Waals surface area contributed by atoms with E-state index >= 15 is 0 Å². The molecule has 1 aromatic carbocycles. The van der Waals surface area contributed by atoms with Crippen molar-refractivity contribution >= 4 is 11.6 Å². The molecule has 0 aliphatic rings. The van der Waals surface area contributed by atoms with Gasteiger partial charge >= 0.3 is 0 Å². The minimum atomic E-state index is -1.51. The van der Waals surface area contributed by atoms with Crippen molar-refractivity contribution in [3.63, 3.8) is 0 Å². The first kappa shape index (κ1) is 18.4. The molecule has 1 amide bonds. The third kappa shape index (κ3) is 3.46. The van der Waals surface area contributed by atoms with Crippen LogP contribution in [0, 0.1) is 31.3 Å². The van der Waals surface area contributed by atoms with Crippen LogP contribution in [0.5, 0.6) is 5.75 Å². The summed E-state index contributed by atoms with van der Waals surface area (Å²) in [5.41, 5.74) is 1.03. The molecule has 0 aliphatic carbocycles. The van der Waals surface area contributed by atoms with Crippen molar-refractivity contribution in [2.24, 2.45) is 0 Å². The number of aromatic nitrogens is 4. The van der Waals surface area contributed by atoms with Crippen LogP contribution in [0.4, 0.5) is 18.9 Å². The molecule has 0 atom stereocenters. The number of nitrogens with one attached hydrogen (secondary N) is 1. The van der Waals surface area contributed by atoms with E-state index in [2.05, 4.69) is 25.1 Å². The summed E-state index contributed by atoms with van der Waals surface area (Å²) >= 11 is 0. The molecule has 3 rings (SSSR count). The quantitative estimate of drug-likeness (QED) is 0.707. The number of hydrogen-bond donors (Lipinski definition) is 1. The molecule has 2 heterocycles. The van der Waals surface area contributed by atoms with E-state index in [0.29, 0.717) is 6.07 Å². The SMILES string of the molecule is COc1c(F)c(F)cc(C(=O)Nc2cnc(-n3nc(C)cc3C)nc2)c1F. The van der Waals surface area contributed by atoms with Gasteiger partial charge in [0.25, 0.3) is 11.9 Å².